The van der Waals surface area contributed by atoms with Gasteiger partial charge in [-0.15, -0.1) is 0 Å². The number of rotatable bonds is 4. The Morgan fingerprint density at radius 3 is 2.58 bits per heavy atom. The molecular weight excluding hydrogens is 318 g/mol. The topological polar surface area (TPSA) is 45.7 Å². The van der Waals surface area contributed by atoms with Crippen LogP contribution in [0.4, 0.5) is 0 Å². The van der Waals surface area contributed by atoms with Crippen molar-refractivity contribution in [3.8, 4) is 0 Å². The second-order valence-corrected chi connectivity index (χ2v) is 9.16. The molecule has 1 saturated heterocycles. The molecule has 2 N–H and O–H groups in total. The Morgan fingerprint density at radius 2 is 1.88 bits per heavy atom. The minimum absolute atomic E-state index is 0.302. The highest BCUT2D eigenvalue weighted by atomic mass is 32.2. The highest BCUT2D eigenvalue weighted by Gasteiger charge is 2.34. The van der Waals surface area contributed by atoms with Crippen LogP contribution in [0.15, 0.2) is 4.99 Å². The first-order chi connectivity index (χ1) is 11.7. The predicted molar refractivity (Wildman–Crippen MR) is 104 cm³/mol. The van der Waals surface area contributed by atoms with Gasteiger partial charge in [-0.25, -0.2) is 0 Å². The van der Waals surface area contributed by atoms with Crippen LogP contribution in [0.5, 0.6) is 0 Å². The van der Waals surface area contributed by atoms with Crippen LogP contribution in [0.2, 0.25) is 0 Å². The van der Waals surface area contributed by atoms with Crippen LogP contribution in [0.3, 0.4) is 0 Å². The molecule has 24 heavy (non-hydrogen) atoms. The van der Waals surface area contributed by atoms with Crippen LogP contribution in [-0.2, 0) is 4.74 Å². The van der Waals surface area contributed by atoms with Crippen LogP contribution in [0, 0.1) is 11.8 Å². The molecule has 3 aliphatic rings. The lowest BCUT2D eigenvalue weighted by molar-refractivity contribution is 0.0782. The van der Waals surface area contributed by atoms with Crippen molar-refractivity contribution < 1.29 is 4.74 Å². The van der Waals surface area contributed by atoms with Gasteiger partial charge in [0, 0.05) is 37.6 Å². The molecular formula is C19H35N3OS. The highest BCUT2D eigenvalue weighted by molar-refractivity contribution is 8.00. The number of ether oxygens (including phenoxy) is 1. The normalized spacial score (nSPS) is 33.6. The Kier molecular flexibility index (Phi) is 6.73. The van der Waals surface area contributed by atoms with Gasteiger partial charge in [0.2, 0.25) is 0 Å². The maximum atomic E-state index is 5.54. The molecule has 1 aliphatic heterocycles. The van der Waals surface area contributed by atoms with Gasteiger partial charge in [0.15, 0.2) is 5.96 Å². The van der Waals surface area contributed by atoms with Crippen LogP contribution in [0.25, 0.3) is 0 Å². The molecule has 5 heteroatoms. The number of thioether (sulfide) groups is 1. The first-order valence-corrected chi connectivity index (χ1v) is 11.1. The number of nitrogens with zero attached hydrogens (tertiary/aromatic N) is 1. The highest BCUT2D eigenvalue weighted by Crippen LogP contribution is 2.40. The van der Waals surface area contributed by atoms with Crippen molar-refractivity contribution in [3.63, 3.8) is 0 Å². The molecule has 0 bridgehead atoms. The van der Waals surface area contributed by atoms with E-state index in [0.29, 0.717) is 10.8 Å². The van der Waals surface area contributed by atoms with E-state index in [1.807, 2.05) is 18.8 Å². The van der Waals surface area contributed by atoms with E-state index in [0.717, 1.165) is 50.4 Å². The third-order valence-electron chi connectivity index (χ3n) is 6.52. The second kappa shape index (κ2) is 8.79. The third-order valence-corrected chi connectivity index (χ3v) is 7.94. The first kappa shape index (κ1) is 18.4. The van der Waals surface area contributed by atoms with Crippen molar-refractivity contribution >= 4 is 17.7 Å². The van der Waals surface area contributed by atoms with Gasteiger partial charge in [-0.1, -0.05) is 25.7 Å². The molecule has 2 saturated carbocycles. The lowest BCUT2D eigenvalue weighted by atomic mass is 9.69. The summed E-state index contributed by atoms with van der Waals surface area (Å²) < 4.78 is 5.85. The molecule has 4 nitrogen and oxygen atoms in total. The monoisotopic (exact) mass is 353 g/mol. The van der Waals surface area contributed by atoms with E-state index in [2.05, 4.69) is 21.9 Å². The van der Waals surface area contributed by atoms with E-state index >= 15 is 0 Å². The quantitative estimate of drug-likeness (QED) is 0.600. The first-order valence-electron chi connectivity index (χ1n) is 9.85. The standard InChI is InChI=1S/C19H35N3OS/c1-20-18(21-14-19(24-2)9-11-23-12-10-19)22-17-8-7-15-5-3-4-6-16(15)13-17/h15-17H,3-14H2,1-2H3,(H2,20,21,22). The molecule has 3 fully saturated rings. The van der Waals surface area contributed by atoms with E-state index < -0.39 is 0 Å². The summed E-state index contributed by atoms with van der Waals surface area (Å²) in [6, 6.07) is 0.607. The number of fused-ring (bicyclic) bond motifs is 1. The molecule has 3 unspecified atom stereocenters. The molecule has 0 spiro atoms. The van der Waals surface area contributed by atoms with Crippen LogP contribution in [0.1, 0.15) is 57.8 Å². The van der Waals surface area contributed by atoms with Crippen LogP contribution in [-0.4, -0.2) is 49.8 Å². The second-order valence-electron chi connectivity index (χ2n) is 7.88. The molecule has 0 aromatic carbocycles. The fraction of sp³-hybridized carbons (Fsp3) is 0.947. The van der Waals surface area contributed by atoms with E-state index in [1.54, 1.807) is 0 Å². The molecule has 1 heterocycles. The lowest BCUT2D eigenvalue weighted by Gasteiger charge is -2.40. The summed E-state index contributed by atoms with van der Waals surface area (Å²) >= 11 is 1.98. The molecule has 138 valence electrons. The van der Waals surface area contributed by atoms with E-state index in [1.165, 1.54) is 44.9 Å². The van der Waals surface area contributed by atoms with E-state index in [4.69, 9.17) is 4.74 Å². The molecule has 0 amide bonds. The summed E-state index contributed by atoms with van der Waals surface area (Å²) in [6.07, 6.45) is 14.4. The molecule has 0 aromatic rings. The Bertz CT molecular complexity index is 423. The van der Waals surface area contributed by atoms with Crippen molar-refractivity contribution in [2.45, 2.75) is 68.6 Å². The smallest absolute Gasteiger partial charge is 0.191 e. The van der Waals surface area contributed by atoms with Gasteiger partial charge in [0.05, 0.1) is 0 Å². The number of hydrogen-bond donors (Lipinski definition) is 2. The lowest BCUT2D eigenvalue weighted by Crippen LogP contribution is -2.51. The Labute approximate surface area is 152 Å². The fourth-order valence-electron chi connectivity index (χ4n) is 4.83. The van der Waals surface area contributed by atoms with Crippen LogP contribution < -0.4 is 10.6 Å². The van der Waals surface area contributed by atoms with Crippen molar-refractivity contribution in [1.82, 2.24) is 10.6 Å². The Morgan fingerprint density at radius 1 is 1.12 bits per heavy atom. The van der Waals surface area contributed by atoms with Crippen molar-refractivity contribution in [2.24, 2.45) is 16.8 Å². The van der Waals surface area contributed by atoms with Gasteiger partial charge in [0.1, 0.15) is 0 Å². The summed E-state index contributed by atoms with van der Waals surface area (Å²) in [5.74, 6) is 2.96. The van der Waals surface area contributed by atoms with Crippen molar-refractivity contribution in [3.05, 3.63) is 0 Å². The van der Waals surface area contributed by atoms with Gasteiger partial charge in [0.25, 0.3) is 0 Å². The van der Waals surface area contributed by atoms with Gasteiger partial charge in [-0.3, -0.25) is 4.99 Å². The summed E-state index contributed by atoms with van der Waals surface area (Å²) in [5, 5.41) is 7.33. The van der Waals surface area contributed by atoms with Crippen molar-refractivity contribution in [2.75, 3.05) is 33.1 Å². The van der Waals surface area contributed by atoms with E-state index in [-0.39, 0.29) is 0 Å². The maximum Gasteiger partial charge on any atom is 0.191 e. The summed E-state index contributed by atoms with van der Waals surface area (Å²) in [7, 11) is 1.90. The number of guanidine groups is 1. The third kappa shape index (κ3) is 4.60. The Hall–Kier alpha value is -0.420. The van der Waals surface area contributed by atoms with Gasteiger partial charge in [-0.2, -0.15) is 11.8 Å². The van der Waals surface area contributed by atoms with Gasteiger partial charge < -0.3 is 15.4 Å². The zero-order chi connectivity index (χ0) is 16.8. The largest absolute Gasteiger partial charge is 0.381 e. The zero-order valence-corrected chi connectivity index (χ0v) is 16.3. The average Bonchev–Trinajstić information content (AvgIpc) is 2.65. The van der Waals surface area contributed by atoms with Gasteiger partial charge >= 0.3 is 0 Å². The summed E-state index contributed by atoms with van der Waals surface area (Å²) in [4.78, 5) is 4.49. The molecule has 0 radical (unpaired) electrons. The zero-order valence-electron chi connectivity index (χ0n) is 15.5. The Balaban J connectivity index is 1.48. The average molecular weight is 354 g/mol. The molecule has 2 aliphatic carbocycles. The van der Waals surface area contributed by atoms with E-state index in [9.17, 15) is 0 Å². The van der Waals surface area contributed by atoms with Crippen molar-refractivity contribution in [1.29, 1.82) is 0 Å². The number of nitrogens with one attached hydrogen (secondary N) is 2. The number of hydrogen-bond acceptors (Lipinski definition) is 3. The fourth-order valence-corrected chi connectivity index (χ4v) is 5.63. The summed E-state index contributed by atoms with van der Waals surface area (Å²) in [6.45, 7) is 2.76. The maximum absolute atomic E-state index is 5.54. The SMILES string of the molecule is CN=C(NCC1(SC)CCOCC1)NC1CCC2CCCCC2C1. The minimum Gasteiger partial charge on any atom is -0.381 e. The van der Waals surface area contributed by atoms with Gasteiger partial charge in [-0.05, 0) is 50.2 Å². The molecule has 3 atom stereocenters. The van der Waals surface area contributed by atoms with Crippen LogP contribution >= 0.6 is 11.8 Å². The molecule has 0 aromatic heterocycles. The minimum atomic E-state index is 0.302. The molecule has 3 rings (SSSR count). The number of aliphatic imine (C=N–C) groups is 1. The predicted octanol–water partition coefficient (Wildman–Crippen LogP) is 3.42. The summed E-state index contributed by atoms with van der Waals surface area (Å²) in [5.41, 5.74) is 0.